The van der Waals surface area contributed by atoms with Crippen LogP contribution in [-0.2, 0) is 26.6 Å². The Morgan fingerprint density at radius 2 is 1.81 bits per heavy atom. The molecule has 0 fully saturated rings. The highest BCUT2D eigenvalue weighted by Crippen LogP contribution is 2.16. The van der Waals surface area contributed by atoms with Crippen molar-refractivity contribution in [2.45, 2.75) is 18.4 Å². The maximum absolute atomic E-state index is 12.2. The molecule has 0 saturated carbocycles. The van der Waals surface area contributed by atoms with Gasteiger partial charge in [-0.3, -0.25) is 0 Å². The van der Waals surface area contributed by atoms with E-state index >= 15 is 0 Å². The van der Waals surface area contributed by atoms with Crippen LogP contribution in [0.4, 0.5) is 0 Å². The second-order valence-electron chi connectivity index (χ2n) is 4.80. The van der Waals surface area contributed by atoms with Gasteiger partial charge in [-0.05, 0) is 24.1 Å². The number of nitrogens with two attached hydrogens (primary N) is 1. The maximum Gasteiger partial charge on any atom is 0.240 e. The van der Waals surface area contributed by atoms with Gasteiger partial charge in [-0.2, -0.15) is 0 Å². The van der Waals surface area contributed by atoms with Crippen LogP contribution in [0, 0.1) is 6.92 Å². The van der Waals surface area contributed by atoms with Gasteiger partial charge in [0.05, 0.1) is 10.6 Å². The van der Waals surface area contributed by atoms with Crippen LogP contribution in [0.15, 0.2) is 23.1 Å². The molecular weight excluding hydrogens is 314 g/mol. The molecule has 0 heterocycles. The van der Waals surface area contributed by atoms with Crippen molar-refractivity contribution in [1.29, 1.82) is 0 Å². The lowest BCUT2D eigenvalue weighted by Crippen LogP contribution is -2.34. The normalized spacial score (nSPS) is 12.8. The second-order valence-corrected chi connectivity index (χ2v) is 8.84. The summed E-state index contributed by atoms with van der Waals surface area (Å²) < 4.78 is 50.8. The van der Waals surface area contributed by atoms with Crippen LogP contribution in [0.1, 0.15) is 11.1 Å². The van der Waals surface area contributed by atoms with Crippen molar-refractivity contribution in [1.82, 2.24) is 9.03 Å². The molecule has 0 radical (unpaired) electrons. The molecular formula is C12H21N3O4S2. The third-order valence-corrected chi connectivity index (χ3v) is 6.43. The van der Waals surface area contributed by atoms with Gasteiger partial charge in [0.2, 0.25) is 20.0 Å². The molecule has 3 N–H and O–H groups in total. The van der Waals surface area contributed by atoms with Crippen LogP contribution in [0.25, 0.3) is 0 Å². The lowest BCUT2D eigenvalue weighted by atomic mass is 10.1. The second kappa shape index (κ2) is 6.84. The number of benzene rings is 1. The third kappa shape index (κ3) is 4.75. The van der Waals surface area contributed by atoms with E-state index in [2.05, 4.69) is 4.72 Å². The van der Waals surface area contributed by atoms with Gasteiger partial charge in [-0.15, -0.1) is 0 Å². The zero-order valence-electron chi connectivity index (χ0n) is 12.3. The molecule has 0 atom stereocenters. The van der Waals surface area contributed by atoms with E-state index < -0.39 is 20.0 Å². The third-order valence-electron chi connectivity index (χ3n) is 2.97. The summed E-state index contributed by atoms with van der Waals surface area (Å²) in [6.45, 7) is 1.82. The number of nitrogens with zero attached hydrogens (tertiary/aromatic N) is 1. The van der Waals surface area contributed by atoms with Crippen LogP contribution < -0.4 is 10.5 Å². The molecule has 9 heteroatoms. The number of rotatable bonds is 7. The van der Waals surface area contributed by atoms with Crippen molar-refractivity contribution in [2.75, 3.05) is 26.4 Å². The first-order chi connectivity index (χ1) is 9.60. The molecule has 0 amide bonds. The highest BCUT2D eigenvalue weighted by atomic mass is 32.2. The molecule has 0 spiro atoms. The van der Waals surface area contributed by atoms with Crippen molar-refractivity contribution in [2.24, 2.45) is 5.73 Å². The van der Waals surface area contributed by atoms with Crippen molar-refractivity contribution in [3.05, 3.63) is 29.3 Å². The van der Waals surface area contributed by atoms with Crippen LogP contribution in [-0.4, -0.2) is 47.5 Å². The molecule has 1 rings (SSSR count). The number of aryl methyl sites for hydroxylation is 1. The lowest BCUT2D eigenvalue weighted by Gasteiger charge is -2.13. The Labute approximate surface area is 126 Å². The van der Waals surface area contributed by atoms with Crippen LogP contribution in [0.2, 0.25) is 0 Å². The van der Waals surface area contributed by atoms with Gasteiger partial charge in [0.15, 0.2) is 0 Å². The quantitative estimate of drug-likeness (QED) is 0.706. The van der Waals surface area contributed by atoms with Gasteiger partial charge < -0.3 is 5.73 Å². The Balaban J connectivity index is 2.84. The van der Waals surface area contributed by atoms with Crippen molar-refractivity contribution in [3.63, 3.8) is 0 Å². The number of sulfonamides is 2. The summed E-state index contributed by atoms with van der Waals surface area (Å²) in [5, 5.41) is 0. The Bertz CT molecular complexity index is 697. The van der Waals surface area contributed by atoms with Crippen LogP contribution >= 0.6 is 0 Å². The zero-order chi connectivity index (χ0) is 16.3. The van der Waals surface area contributed by atoms with E-state index in [0.29, 0.717) is 12.1 Å². The predicted octanol–water partition coefficient (Wildman–Crippen LogP) is -0.377. The molecule has 7 nitrogen and oxygen atoms in total. The average molecular weight is 335 g/mol. The van der Waals surface area contributed by atoms with Crippen molar-refractivity contribution >= 4 is 20.0 Å². The first-order valence-corrected chi connectivity index (χ1v) is 9.39. The molecule has 0 aliphatic rings. The summed E-state index contributed by atoms with van der Waals surface area (Å²) in [6, 6.07) is 4.81. The number of hydrogen-bond donors (Lipinski definition) is 2. The minimum Gasteiger partial charge on any atom is -0.326 e. The van der Waals surface area contributed by atoms with Gasteiger partial charge in [0, 0.05) is 27.2 Å². The molecule has 1 aromatic rings. The maximum atomic E-state index is 12.2. The minimum atomic E-state index is -3.74. The molecule has 0 aliphatic carbocycles. The fourth-order valence-corrected chi connectivity index (χ4v) is 3.82. The molecule has 0 aromatic heterocycles. The molecule has 120 valence electrons. The highest BCUT2D eigenvalue weighted by Gasteiger charge is 2.19. The van der Waals surface area contributed by atoms with E-state index in [4.69, 9.17) is 5.73 Å². The number of hydrogen-bond acceptors (Lipinski definition) is 5. The molecule has 0 unspecified atom stereocenters. The zero-order valence-corrected chi connectivity index (χ0v) is 14.0. The Morgan fingerprint density at radius 3 is 2.29 bits per heavy atom. The van der Waals surface area contributed by atoms with E-state index in [1.54, 1.807) is 19.1 Å². The lowest BCUT2D eigenvalue weighted by molar-refractivity contribution is 0.519. The summed E-state index contributed by atoms with van der Waals surface area (Å²) in [5.41, 5.74) is 6.90. The van der Waals surface area contributed by atoms with E-state index in [1.807, 2.05) is 0 Å². The summed E-state index contributed by atoms with van der Waals surface area (Å²) >= 11 is 0. The Hall–Kier alpha value is -1.00. The van der Waals surface area contributed by atoms with Gasteiger partial charge in [0.25, 0.3) is 0 Å². The number of nitrogens with one attached hydrogen (secondary N) is 1. The average Bonchev–Trinajstić information content (AvgIpc) is 2.37. The van der Waals surface area contributed by atoms with E-state index in [-0.39, 0.29) is 17.2 Å². The van der Waals surface area contributed by atoms with Crippen molar-refractivity contribution in [3.8, 4) is 0 Å². The summed E-state index contributed by atoms with van der Waals surface area (Å²) in [7, 11) is -4.37. The van der Waals surface area contributed by atoms with Gasteiger partial charge in [-0.25, -0.2) is 25.9 Å². The highest BCUT2D eigenvalue weighted by molar-refractivity contribution is 7.90. The molecule has 0 saturated heterocycles. The minimum absolute atomic E-state index is 0.127. The summed E-state index contributed by atoms with van der Waals surface area (Å²) in [4.78, 5) is 0.127. The van der Waals surface area contributed by atoms with Gasteiger partial charge >= 0.3 is 0 Å². The van der Waals surface area contributed by atoms with Crippen LogP contribution in [0.3, 0.4) is 0 Å². The summed E-state index contributed by atoms with van der Waals surface area (Å²) in [5.74, 6) is -0.292. The van der Waals surface area contributed by atoms with Crippen LogP contribution in [0.5, 0.6) is 0 Å². The fourth-order valence-electron chi connectivity index (χ4n) is 1.71. The first kappa shape index (κ1) is 18.1. The topological polar surface area (TPSA) is 110 Å². The summed E-state index contributed by atoms with van der Waals surface area (Å²) in [6.07, 6.45) is 0. The smallest absolute Gasteiger partial charge is 0.240 e. The van der Waals surface area contributed by atoms with Crippen molar-refractivity contribution < 1.29 is 16.8 Å². The molecule has 0 aliphatic heterocycles. The Morgan fingerprint density at radius 1 is 1.19 bits per heavy atom. The van der Waals surface area contributed by atoms with Gasteiger partial charge in [0.1, 0.15) is 0 Å². The molecule has 0 bridgehead atoms. The first-order valence-electron chi connectivity index (χ1n) is 6.29. The predicted molar refractivity (Wildman–Crippen MR) is 81.7 cm³/mol. The van der Waals surface area contributed by atoms with E-state index in [0.717, 1.165) is 9.87 Å². The van der Waals surface area contributed by atoms with E-state index in [1.165, 1.54) is 20.2 Å². The standard InChI is InChI=1S/C12H21N3O4S2/c1-10-8-11(9-13)4-5-12(10)21(18,19)14-6-7-20(16,17)15(2)3/h4-5,8,14H,6-7,9,13H2,1-3H3. The molecule has 21 heavy (non-hydrogen) atoms. The largest absolute Gasteiger partial charge is 0.326 e. The van der Waals surface area contributed by atoms with E-state index in [9.17, 15) is 16.8 Å². The fraction of sp³-hybridized carbons (Fsp3) is 0.500. The molecule has 1 aromatic carbocycles. The monoisotopic (exact) mass is 335 g/mol. The van der Waals surface area contributed by atoms with Gasteiger partial charge in [-0.1, -0.05) is 12.1 Å². The Kier molecular flexibility index (Phi) is 5.88. The SMILES string of the molecule is Cc1cc(CN)ccc1S(=O)(=O)NCCS(=O)(=O)N(C)C.